The Morgan fingerprint density at radius 3 is 2.59 bits per heavy atom. The van der Waals surface area contributed by atoms with Crippen molar-refractivity contribution in [3.05, 3.63) is 47.3 Å². The van der Waals surface area contributed by atoms with Crippen LogP contribution in [0.5, 0.6) is 0 Å². The van der Waals surface area contributed by atoms with Crippen molar-refractivity contribution in [2.24, 2.45) is 11.7 Å². The molecule has 1 saturated heterocycles. The molecular weight excluding hydrogens is 414 g/mol. The fourth-order valence-corrected chi connectivity index (χ4v) is 4.29. The van der Waals surface area contributed by atoms with Crippen LogP contribution in [0, 0.1) is 24.5 Å². The van der Waals surface area contributed by atoms with E-state index in [9.17, 15) is 4.39 Å². The molecule has 2 atom stereocenters. The lowest BCUT2D eigenvalue weighted by Crippen LogP contribution is -2.29. The first kappa shape index (κ1) is 20.5. The van der Waals surface area contributed by atoms with Gasteiger partial charge in [-0.05, 0) is 18.4 Å². The van der Waals surface area contributed by atoms with Gasteiger partial charge in [0, 0.05) is 51.1 Å². The SMILES string of the molecule is CNc1cc(F)c(F)c2c1[nH]c1nc(Cc3cnc(C)nc3)nc(N3C[C@@H](C)[C@@H](N)C3)c12. The van der Waals surface area contributed by atoms with Gasteiger partial charge in [-0.15, -0.1) is 0 Å². The summed E-state index contributed by atoms with van der Waals surface area (Å²) >= 11 is 0. The molecule has 166 valence electrons. The van der Waals surface area contributed by atoms with Crippen LogP contribution in [0.1, 0.15) is 24.1 Å². The number of hydrogen-bond donors (Lipinski definition) is 3. The van der Waals surface area contributed by atoms with E-state index >= 15 is 4.39 Å². The minimum Gasteiger partial charge on any atom is -0.386 e. The molecule has 1 aliphatic rings. The summed E-state index contributed by atoms with van der Waals surface area (Å²) in [5.74, 6) is 0.154. The number of fused-ring (bicyclic) bond motifs is 3. The second kappa shape index (κ2) is 7.63. The number of H-pyrrole nitrogens is 1. The van der Waals surface area contributed by atoms with Crippen molar-refractivity contribution in [3.8, 4) is 0 Å². The number of nitrogens with zero attached hydrogens (tertiary/aromatic N) is 5. The van der Waals surface area contributed by atoms with Gasteiger partial charge in [0.2, 0.25) is 0 Å². The number of rotatable bonds is 4. The van der Waals surface area contributed by atoms with Gasteiger partial charge in [-0.3, -0.25) is 0 Å². The number of hydrogen-bond acceptors (Lipinski definition) is 7. The van der Waals surface area contributed by atoms with E-state index in [1.807, 2.05) is 11.8 Å². The smallest absolute Gasteiger partial charge is 0.169 e. The molecule has 4 N–H and O–H groups in total. The molecule has 5 rings (SSSR count). The van der Waals surface area contributed by atoms with Gasteiger partial charge in [-0.25, -0.2) is 28.7 Å². The maximum Gasteiger partial charge on any atom is 0.169 e. The molecule has 8 nitrogen and oxygen atoms in total. The molecule has 10 heteroatoms. The van der Waals surface area contributed by atoms with Crippen LogP contribution in [-0.4, -0.2) is 51.1 Å². The first-order chi connectivity index (χ1) is 15.4. The zero-order valence-electron chi connectivity index (χ0n) is 18.1. The Morgan fingerprint density at radius 2 is 1.94 bits per heavy atom. The topological polar surface area (TPSA) is 109 Å². The predicted molar refractivity (Wildman–Crippen MR) is 120 cm³/mol. The van der Waals surface area contributed by atoms with Crippen LogP contribution in [0.4, 0.5) is 20.3 Å². The standard InChI is InChI=1S/C22H24F2N8/c1-10-8-32(9-14(10)25)22-18-17-19(24)13(23)5-15(26-3)20(17)31-21(18)29-16(30-22)4-12-6-27-11(2)28-7-12/h5-7,10,14,26H,4,8-9,25H2,1-3H3,(H,29,30,31)/t10-,14+/m1/s1. The van der Waals surface area contributed by atoms with Crippen LogP contribution in [0.3, 0.4) is 0 Å². The summed E-state index contributed by atoms with van der Waals surface area (Å²) in [6.45, 7) is 5.13. The van der Waals surface area contributed by atoms with E-state index in [1.165, 1.54) is 0 Å². The van der Waals surface area contributed by atoms with Crippen molar-refractivity contribution in [1.82, 2.24) is 24.9 Å². The lowest BCUT2D eigenvalue weighted by molar-refractivity contribution is 0.518. The molecule has 4 aromatic rings. The fraction of sp³-hybridized carbons (Fsp3) is 0.364. The highest BCUT2D eigenvalue weighted by Gasteiger charge is 2.31. The third kappa shape index (κ3) is 3.31. The number of aryl methyl sites for hydroxylation is 1. The number of halogens is 2. The Labute approximate surface area is 183 Å². The zero-order chi connectivity index (χ0) is 22.6. The minimum atomic E-state index is -0.930. The Kier molecular flexibility index (Phi) is 4.89. The number of aromatic amines is 1. The lowest BCUT2D eigenvalue weighted by Gasteiger charge is -2.19. The number of aromatic nitrogens is 5. The molecule has 32 heavy (non-hydrogen) atoms. The Balaban J connectivity index is 1.75. The van der Waals surface area contributed by atoms with E-state index in [0.29, 0.717) is 59.2 Å². The third-order valence-corrected chi connectivity index (χ3v) is 6.09. The normalized spacial score (nSPS) is 18.8. The van der Waals surface area contributed by atoms with E-state index in [-0.39, 0.29) is 17.3 Å². The van der Waals surface area contributed by atoms with Gasteiger partial charge < -0.3 is 20.9 Å². The molecule has 0 amide bonds. The van der Waals surface area contributed by atoms with Gasteiger partial charge in [0.15, 0.2) is 11.6 Å². The molecule has 4 heterocycles. The van der Waals surface area contributed by atoms with Crippen LogP contribution in [0.15, 0.2) is 18.5 Å². The highest BCUT2D eigenvalue weighted by molar-refractivity contribution is 6.14. The Hall–Kier alpha value is -3.40. The van der Waals surface area contributed by atoms with Crippen LogP contribution in [0.2, 0.25) is 0 Å². The summed E-state index contributed by atoms with van der Waals surface area (Å²) in [5.41, 5.74) is 8.46. The molecule has 0 saturated carbocycles. The predicted octanol–water partition coefficient (Wildman–Crippen LogP) is 2.90. The molecule has 0 spiro atoms. The van der Waals surface area contributed by atoms with Crippen LogP contribution in [-0.2, 0) is 6.42 Å². The van der Waals surface area contributed by atoms with E-state index in [2.05, 4.69) is 32.2 Å². The molecule has 0 unspecified atom stereocenters. The second-order valence-corrected chi connectivity index (χ2v) is 8.39. The summed E-state index contributed by atoms with van der Waals surface area (Å²) in [7, 11) is 1.66. The largest absolute Gasteiger partial charge is 0.386 e. The Bertz CT molecular complexity index is 1310. The summed E-state index contributed by atoms with van der Waals surface area (Å²) in [6.07, 6.45) is 3.88. The van der Waals surface area contributed by atoms with Gasteiger partial charge in [0.1, 0.15) is 23.1 Å². The van der Waals surface area contributed by atoms with Crippen molar-refractivity contribution in [2.45, 2.75) is 26.3 Å². The highest BCUT2D eigenvalue weighted by atomic mass is 19.2. The summed E-state index contributed by atoms with van der Waals surface area (Å²) in [5, 5.41) is 3.52. The van der Waals surface area contributed by atoms with Crippen molar-refractivity contribution in [1.29, 1.82) is 0 Å². The number of nitrogens with one attached hydrogen (secondary N) is 2. The molecule has 0 radical (unpaired) electrons. The highest BCUT2D eigenvalue weighted by Crippen LogP contribution is 2.39. The van der Waals surface area contributed by atoms with Crippen molar-refractivity contribution in [3.63, 3.8) is 0 Å². The molecule has 0 bridgehead atoms. The number of anilines is 2. The summed E-state index contributed by atoms with van der Waals surface area (Å²) in [4.78, 5) is 23.1. The minimum absolute atomic E-state index is 0.0337. The van der Waals surface area contributed by atoms with Gasteiger partial charge in [0.05, 0.1) is 22.0 Å². The van der Waals surface area contributed by atoms with Gasteiger partial charge in [0.25, 0.3) is 0 Å². The van der Waals surface area contributed by atoms with Gasteiger partial charge in [-0.2, -0.15) is 0 Å². The average molecular weight is 438 g/mol. The molecule has 1 fully saturated rings. The van der Waals surface area contributed by atoms with Crippen molar-refractivity contribution < 1.29 is 8.78 Å². The summed E-state index contributed by atoms with van der Waals surface area (Å²) in [6, 6.07) is 1.10. The van der Waals surface area contributed by atoms with E-state index in [4.69, 9.17) is 10.7 Å². The molecule has 1 aliphatic heterocycles. The average Bonchev–Trinajstić information content (AvgIpc) is 3.32. The zero-order valence-corrected chi connectivity index (χ0v) is 18.1. The summed E-state index contributed by atoms with van der Waals surface area (Å²) < 4.78 is 29.5. The van der Waals surface area contributed by atoms with E-state index in [1.54, 1.807) is 19.4 Å². The van der Waals surface area contributed by atoms with Crippen LogP contribution >= 0.6 is 0 Å². The van der Waals surface area contributed by atoms with Crippen molar-refractivity contribution in [2.75, 3.05) is 30.4 Å². The second-order valence-electron chi connectivity index (χ2n) is 8.39. The molecule has 0 aliphatic carbocycles. The van der Waals surface area contributed by atoms with E-state index < -0.39 is 11.6 Å². The first-order valence-electron chi connectivity index (χ1n) is 10.5. The number of nitrogens with two attached hydrogens (primary N) is 1. The van der Waals surface area contributed by atoms with Crippen LogP contribution < -0.4 is 16.0 Å². The molecular formula is C22H24F2N8. The maximum absolute atomic E-state index is 15.0. The first-order valence-corrected chi connectivity index (χ1v) is 10.5. The Morgan fingerprint density at radius 1 is 1.19 bits per heavy atom. The van der Waals surface area contributed by atoms with Crippen LogP contribution in [0.25, 0.3) is 21.9 Å². The quantitative estimate of drug-likeness (QED) is 0.450. The molecule has 3 aromatic heterocycles. The third-order valence-electron chi connectivity index (χ3n) is 6.09. The fourth-order valence-electron chi connectivity index (χ4n) is 4.29. The van der Waals surface area contributed by atoms with E-state index in [0.717, 1.165) is 11.6 Å². The van der Waals surface area contributed by atoms with Gasteiger partial charge in [-0.1, -0.05) is 6.92 Å². The van der Waals surface area contributed by atoms with Gasteiger partial charge >= 0.3 is 0 Å². The maximum atomic E-state index is 15.0. The monoisotopic (exact) mass is 438 g/mol. The van der Waals surface area contributed by atoms with Crippen molar-refractivity contribution >= 4 is 33.4 Å². The number of benzene rings is 1. The lowest BCUT2D eigenvalue weighted by atomic mass is 10.1. The molecule has 1 aromatic carbocycles.